The summed E-state index contributed by atoms with van der Waals surface area (Å²) in [5.41, 5.74) is 9.03. The zero-order valence-electron chi connectivity index (χ0n) is 8.88. The average Bonchev–Trinajstić information content (AvgIpc) is 2.28. The number of thiocarbonyl (C=S) groups is 1. The Labute approximate surface area is 105 Å². The molecule has 2 rings (SSSR count). The molecule has 0 spiro atoms. The fourth-order valence-electron chi connectivity index (χ4n) is 1.69. The van der Waals surface area contributed by atoms with Crippen molar-refractivity contribution >= 4 is 32.9 Å². The van der Waals surface area contributed by atoms with Crippen molar-refractivity contribution in [2.45, 2.75) is 11.3 Å². The summed E-state index contributed by atoms with van der Waals surface area (Å²) in [7, 11) is -3.19. The van der Waals surface area contributed by atoms with E-state index in [1.165, 1.54) is 0 Å². The highest BCUT2D eigenvalue weighted by molar-refractivity contribution is 7.91. The van der Waals surface area contributed by atoms with E-state index in [0.29, 0.717) is 22.6 Å². The maximum absolute atomic E-state index is 11.8. The predicted molar refractivity (Wildman–Crippen MR) is 69.6 cm³/mol. The highest BCUT2D eigenvalue weighted by atomic mass is 32.2. The lowest BCUT2D eigenvalue weighted by molar-refractivity contribution is 0.594. The van der Waals surface area contributed by atoms with Crippen molar-refractivity contribution in [2.75, 3.05) is 5.75 Å². The van der Waals surface area contributed by atoms with Gasteiger partial charge in [-0.3, -0.25) is 5.43 Å². The minimum Gasteiger partial charge on any atom is -0.375 e. The molecular weight excluding hydrogens is 258 g/mol. The second-order valence-corrected chi connectivity index (χ2v) is 6.12. The lowest BCUT2D eigenvalue weighted by atomic mass is 10.1. The minimum atomic E-state index is -3.19. The van der Waals surface area contributed by atoms with Crippen LogP contribution in [0, 0.1) is 0 Å². The van der Waals surface area contributed by atoms with E-state index in [1.807, 2.05) is 0 Å². The first-order valence-electron chi connectivity index (χ1n) is 4.95. The van der Waals surface area contributed by atoms with Gasteiger partial charge in [0, 0.05) is 12.0 Å². The van der Waals surface area contributed by atoms with Crippen LogP contribution in [0.25, 0.3) is 0 Å². The summed E-state index contributed by atoms with van der Waals surface area (Å²) in [6.07, 6.45) is 0.356. The van der Waals surface area contributed by atoms with Crippen molar-refractivity contribution in [1.29, 1.82) is 0 Å². The van der Waals surface area contributed by atoms with Crippen LogP contribution >= 0.6 is 12.2 Å². The third-order valence-electron chi connectivity index (χ3n) is 2.44. The van der Waals surface area contributed by atoms with Crippen molar-refractivity contribution in [3.05, 3.63) is 29.8 Å². The first-order valence-corrected chi connectivity index (χ1v) is 7.01. The number of nitrogens with one attached hydrogen (secondary N) is 1. The molecule has 0 atom stereocenters. The van der Waals surface area contributed by atoms with Crippen LogP contribution in [0.15, 0.2) is 34.3 Å². The van der Waals surface area contributed by atoms with E-state index < -0.39 is 9.84 Å². The minimum absolute atomic E-state index is 0.0574. The summed E-state index contributed by atoms with van der Waals surface area (Å²) in [5, 5.41) is 4.08. The molecular formula is C10H11N3O2S2. The van der Waals surface area contributed by atoms with Crippen molar-refractivity contribution in [2.24, 2.45) is 10.8 Å². The second-order valence-electron chi connectivity index (χ2n) is 3.60. The van der Waals surface area contributed by atoms with Crippen molar-refractivity contribution in [3.63, 3.8) is 0 Å². The Kier molecular flexibility index (Phi) is 3.12. The molecule has 1 aliphatic heterocycles. The maximum atomic E-state index is 11.8. The zero-order valence-corrected chi connectivity index (χ0v) is 10.5. The number of hydrogen-bond acceptors (Lipinski definition) is 4. The number of nitrogens with two attached hydrogens (primary N) is 1. The smallest absolute Gasteiger partial charge is 0.184 e. The Morgan fingerprint density at radius 2 is 2.12 bits per heavy atom. The number of hydrogen-bond donors (Lipinski definition) is 2. The predicted octanol–water partition coefficient (Wildman–Crippen LogP) is 0.401. The van der Waals surface area contributed by atoms with E-state index in [1.54, 1.807) is 24.3 Å². The van der Waals surface area contributed by atoms with E-state index in [4.69, 9.17) is 5.73 Å². The maximum Gasteiger partial charge on any atom is 0.184 e. The molecule has 0 aliphatic carbocycles. The van der Waals surface area contributed by atoms with Gasteiger partial charge in [-0.15, -0.1) is 0 Å². The van der Waals surface area contributed by atoms with E-state index >= 15 is 0 Å². The van der Waals surface area contributed by atoms with Crippen molar-refractivity contribution in [3.8, 4) is 0 Å². The Bertz CT molecular complexity index is 593. The van der Waals surface area contributed by atoms with Gasteiger partial charge in [-0.25, -0.2) is 8.42 Å². The summed E-state index contributed by atoms with van der Waals surface area (Å²) in [6.45, 7) is 0. The number of nitrogens with zero attached hydrogens (tertiary/aromatic N) is 1. The molecule has 0 fully saturated rings. The number of benzene rings is 1. The summed E-state index contributed by atoms with van der Waals surface area (Å²) >= 11 is 4.65. The molecule has 90 valence electrons. The summed E-state index contributed by atoms with van der Waals surface area (Å²) < 4.78 is 23.7. The number of sulfone groups is 1. The molecule has 7 heteroatoms. The quantitative estimate of drug-likeness (QED) is 0.569. The fraction of sp³-hybridized carbons (Fsp3) is 0.200. The van der Waals surface area contributed by atoms with Crippen LogP contribution in [0.1, 0.15) is 12.0 Å². The van der Waals surface area contributed by atoms with Gasteiger partial charge in [0.05, 0.1) is 16.4 Å². The molecule has 0 amide bonds. The van der Waals surface area contributed by atoms with Gasteiger partial charge in [0.25, 0.3) is 0 Å². The van der Waals surface area contributed by atoms with Gasteiger partial charge in [-0.1, -0.05) is 18.2 Å². The standard InChI is InChI=1S/C10H11N3O2S2/c11-10(16)13-12-8-5-6-17(14,15)9-4-2-1-3-7(8)9/h1-4H,5-6H2,(H3,11,13,16)/b12-8-. The first kappa shape index (κ1) is 12.0. The summed E-state index contributed by atoms with van der Waals surface area (Å²) in [6, 6.07) is 6.78. The van der Waals surface area contributed by atoms with Crippen LogP contribution < -0.4 is 11.2 Å². The number of rotatable bonds is 1. The monoisotopic (exact) mass is 269 g/mol. The Morgan fingerprint density at radius 1 is 1.41 bits per heavy atom. The van der Waals surface area contributed by atoms with Gasteiger partial charge < -0.3 is 5.73 Å². The Balaban J connectivity index is 2.49. The summed E-state index contributed by atoms with van der Waals surface area (Å²) in [5.74, 6) is 0.0574. The Morgan fingerprint density at radius 3 is 2.82 bits per heavy atom. The lowest BCUT2D eigenvalue weighted by Gasteiger charge is -2.17. The molecule has 0 saturated heterocycles. The van der Waals surface area contributed by atoms with Crippen LogP contribution in [0.5, 0.6) is 0 Å². The molecule has 0 unspecified atom stereocenters. The molecule has 5 nitrogen and oxygen atoms in total. The topological polar surface area (TPSA) is 84.5 Å². The Hall–Kier alpha value is -1.47. The van der Waals surface area contributed by atoms with Gasteiger partial charge in [-0.2, -0.15) is 5.10 Å². The van der Waals surface area contributed by atoms with Crippen LogP contribution in [-0.4, -0.2) is 25.0 Å². The number of hydrazone groups is 1. The molecule has 0 bridgehead atoms. The highest BCUT2D eigenvalue weighted by Crippen LogP contribution is 2.24. The highest BCUT2D eigenvalue weighted by Gasteiger charge is 2.27. The largest absolute Gasteiger partial charge is 0.375 e. The van der Waals surface area contributed by atoms with Crippen LogP contribution in [-0.2, 0) is 9.84 Å². The molecule has 0 radical (unpaired) electrons. The summed E-state index contributed by atoms with van der Waals surface area (Å²) in [4.78, 5) is 0.315. The fourth-order valence-corrected chi connectivity index (χ4v) is 3.23. The lowest BCUT2D eigenvalue weighted by Crippen LogP contribution is -2.28. The van der Waals surface area contributed by atoms with Gasteiger partial charge in [0.2, 0.25) is 0 Å². The molecule has 17 heavy (non-hydrogen) atoms. The molecule has 0 saturated carbocycles. The second kappa shape index (κ2) is 4.42. The molecule has 1 aromatic carbocycles. The van der Waals surface area contributed by atoms with E-state index in [0.717, 1.165) is 0 Å². The van der Waals surface area contributed by atoms with Crippen LogP contribution in [0.2, 0.25) is 0 Å². The zero-order chi connectivity index (χ0) is 12.5. The number of fused-ring (bicyclic) bond motifs is 1. The van der Waals surface area contributed by atoms with E-state index in [2.05, 4.69) is 22.7 Å². The van der Waals surface area contributed by atoms with Crippen molar-refractivity contribution in [1.82, 2.24) is 5.43 Å². The third kappa shape index (κ3) is 2.45. The van der Waals surface area contributed by atoms with Crippen molar-refractivity contribution < 1.29 is 8.42 Å². The third-order valence-corrected chi connectivity index (χ3v) is 4.30. The molecule has 0 aromatic heterocycles. The van der Waals surface area contributed by atoms with Gasteiger partial charge in [-0.05, 0) is 18.3 Å². The van der Waals surface area contributed by atoms with E-state index in [9.17, 15) is 8.42 Å². The van der Waals surface area contributed by atoms with Crippen LogP contribution in [0.3, 0.4) is 0 Å². The average molecular weight is 269 g/mol. The normalized spacial score (nSPS) is 19.6. The molecule has 1 aliphatic rings. The van der Waals surface area contributed by atoms with Crippen LogP contribution in [0.4, 0.5) is 0 Å². The molecule has 3 N–H and O–H groups in total. The first-order chi connectivity index (χ1) is 8.00. The van der Waals surface area contributed by atoms with Gasteiger partial charge in [0.1, 0.15) is 0 Å². The molecule has 1 aromatic rings. The van der Waals surface area contributed by atoms with Gasteiger partial charge in [0.15, 0.2) is 14.9 Å². The molecule has 1 heterocycles. The van der Waals surface area contributed by atoms with Gasteiger partial charge >= 0.3 is 0 Å². The SMILES string of the molecule is NC(=S)N/N=C1/CCS(=O)(=O)c2ccccc21. The van der Waals surface area contributed by atoms with E-state index in [-0.39, 0.29) is 10.9 Å².